The molecule has 0 saturated carbocycles. The van der Waals surface area contributed by atoms with E-state index < -0.39 is 0 Å². The van der Waals surface area contributed by atoms with Crippen molar-refractivity contribution in [3.8, 4) is 0 Å². The van der Waals surface area contributed by atoms with Gasteiger partial charge in [0.1, 0.15) is 5.82 Å². The number of aromatic amines is 1. The second kappa shape index (κ2) is 5.58. The Kier molecular flexibility index (Phi) is 4.10. The van der Waals surface area contributed by atoms with Crippen molar-refractivity contribution >= 4 is 17.7 Å². The molecule has 1 aromatic rings. The minimum atomic E-state index is -0.190. The van der Waals surface area contributed by atoms with Crippen LogP contribution in [0.2, 0.25) is 0 Å². The Bertz CT molecular complexity index is 358. The fourth-order valence-corrected chi connectivity index (χ4v) is 3.27. The van der Waals surface area contributed by atoms with E-state index in [-0.39, 0.29) is 10.7 Å². The van der Waals surface area contributed by atoms with Gasteiger partial charge in [-0.15, -0.1) is 11.8 Å². The van der Waals surface area contributed by atoms with Crippen LogP contribution in [-0.4, -0.2) is 32.9 Å². The summed E-state index contributed by atoms with van der Waals surface area (Å²) in [4.78, 5) is 19.2. The summed E-state index contributed by atoms with van der Waals surface area (Å²) in [5.74, 6) is 2.29. The van der Waals surface area contributed by atoms with Crippen LogP contribution < -0.4 is 5.32 Å². The minimum absolute atomic E-state index is 0.190. The lowest BCUT2D eigenvalue weighted by Crippen LogP contribution is -2.40. The molecule has 17 heavy (non-hydrogen) atoms. The molecule has 1 aliphatic rings. The van der Waals surface area contributed by atoms with Gasteiger partial charge in [0.25, 0.3) is 0 Å². The highest BCUT2D eigenvalue weighted by Gasteiger charge is 2.36. The SMILES string of the molecule is CC1(C(=O)NCCCc2ncc[nH]2)CCCS1. The highest BCUT2D eigenvalue weighted by atomic mass is 32.2. The summed E-state index contributed by atoms with van der Waals surface area (Å²) in [6, 6.07) is 0. The zero-order valence-corrected chi connectivity index (χ0v) is 11.0. The highest BCUT2D eigenvalue weighted by molar-refractivity contribution is 8.01. The average Bonchev–Trinajstić information content (AvgIpc) is 2.96. The van der Waals surface area contributed by atoms with Crippen LogP contribution in [0.25, 0.3) is 0 Å². The van der Waals surface area contributed by atoms with E-state index >= 15 is 0 Å². The molecule has 1 saturated heterocycles. The van der Waals surface area contributed by atoms with Gasteiger partial charge in [-0.05, 0) is 31.9 Å². The molecule has 1 amide bonds. The Morgan fingerprint density at radius 2 is 2.59 bits per heavy atom. The minimum Gasteiger partial charge on any atom is -0.355 e. The first-order valence-corrected chi connectivity index (χ1v) is 7.10. The van der Waals surface area contributed by atoms with E-state index in [2.05, 4.69) is 15.3 Å². The number of thioether (sulfide) groups is 1. The van der Waals surface area contributed by atoms with Crippen LogP contribution in [0.15, 0.2) is 12.4 Å². The molecule has 0 bridgehead atoms. The number of carbonyl (C=O) groups is 1. The lowest BCUT2D eigenvalue weighted by Gasteiger charge is -2.21. The maximum atomic E-state index is 12.0. The third-order valence-electron chi connectivity index (χ3n) is 3.13. The van der Waals surface area contributed by atoms with Crippen LogP contribution >= 0.6 is 11.8 Å². The smallest absolute Gasteiger partial charge is 0.235 e. The van der Waals surface area contributed by atoms with Gasteiger partial charge in [-0.3, -0.25) is 4.79 Å². The second-order valence-electron chi connectivity index (χ2n) is 4.58. The lowest BCUT2D eigenvalue weighted by atomic mass is 10.0. The predicted molar refractivity (Wildman–Crippen MR) is 70.0 cm³/mol. The van der Waals surface area contributed by atoms with Gasteiger partial charge >= 0.3 is 0 Å². The molecule has 2 heterocycles. The zero-order valence-electron chi connectivity index (χ0n) is 10.2. The summed E-state index contributed by atoms with van der Waals surface area (Å²) < 4.78 is -0.190. The van der Waals surface area contributed by atoms with Gasteiger partial charge < -0.3 is 10.3 Å². The van der Waals surface area contributed by atoms with E-state index in [4.69, 9.17) is 0 Å². The lowest BCUT2D eigenvalue weighted by molar-refractivity contribution is -0.123. The molecule has 2 rings (SSSR count). The zero-order chi connectivity index (χ0) is 12.1. The molecule has 1 fully saturated rings. The molecule has 1 aliphatic heterocycles. The van der Waals surface area contributed by atoms with Gasteiger partial charge in [0.2, 0.25) is 5.91 Å². The highest BCUT2D eigenvalue weighted by Crippen LogP contribution is 2.37. The Morgan fingerprint density at radius 3 is 3.24 bits per heavy atom. The molecule has 0 aliphatic carbocycles. The van der Waals surface area contributed by atoms with Gasteiger partial charge in [0.05, 0.1) is 4.75 Å². The summed E-state index contributed by atoms with van der Waals surface area (Å²) in [5, 5.41) is 3.03. The van der Waals surface area contributed by atoms with E-state index in [1.165, 1.54) is 0 Å². The number of H-pyrrole nitrogens is 1. The third-order valence-corrected chi connectivity index (χ3v) is 4.65. The van der Waals surface area contributed by atoms with Crippen molar-refractivity contribution in [3.63, 3.8) is 0 Å². The monoisotopic (exact) mass is 253 g/mol. The Hall–Kier alpha value is -0.970. The number of nitrogens with one attached hydrogen (secondary N) is 2. The quantitative estimate of drug-likeness (QED) is 0.786. The number of aryl methyl sites for hydroxylation is 1. The number of nitrogens with zero attached hydrogens (tertiary/aromatic N) is 1. The first-order chi connectivity index (χ1) is 8.21. The summed E-state index contributed by atoms with van der Waals surface area (Å²) in [7, 11) is 0. The van der Waals surface area contributed by atoms with Crippen LogP contribution in [0.1, 0.15) is 32.0 Å². The molecule has 1 unspecified atom stereocenters. The molecule has 4 nitrogen and oxygen atoms in total. The number of imidazole rings is 1. The predicted octanol–water partition coefficient (Wildman–Crippen LogP) is 1.74. The van der Waals surface area contributed by atoms with Crippen molar-refractivity contribution in [1.82, 2.24) is 15.3 Å². The summed E-state index contributed by atoms with van der Waals surface area (Å²) >= 11 is 1.78. The Balaban J connectivity index is 1.66. The molecular weight excluding hydrogens is 234 g/mol. The first kappa shape index (κ1) is 12.5. The molecule has 94 valence electrons. The van der Waals surface area contributed by atoms with Crippen molar-refractivity contribution in [3.05, 3.63) is 18.2 Å². The standard InChI is InChI=1S/C12H19N3OS/c1-12(5-3-9-17-12)11(16)15-6-2-4-10-13-7-8-14-10/h7-8H,2-6,9H2,1H3,(H,13,14)(H,15,16). The van der Waals surface area contributed by atoms with Gasteiger partial charge in [-0.25, -0.2) is 4.98 Å². The van der Waals surface area contributed by atoms with Crippen molar-refractivity contribution in [2.24, 2.45) is 0 Å². The van der Waals surface area contributed by atoms with E-state index in [0.717, 1.165) is 43.8 Å². The number of hydrogen-bond donors (Lipinski definition) is 2. The number of amides is 1. The third kappa shape index (κ3) is 3.25. The summed E-state index contributed by atoms with van der Waals surface area (Å²) in [6.45, 7) is 2.78. The van der Waals surface area contributed by atoms with Crippen LogP contribution in [-0.2, 0) is 11.2 Å². The average molecular weight is 253 g/mol. The van der Waals surface area contributed by atoms with E-state index in [1.54, 1.807) is 18.0 Å². The molecule has 0 aromatic carbocycles. The fourth-order valence-electron chi connectivity index (χ4n) is 2.04. The van der Waals surface area contributed by atoms with E-state index in [0.29, 0.717) is 0 Å². The van der Waals surface area contributed by atoms with Crippen LogP contribution in [0.4, 0.5) is 0 Å². The van der Waals surface area contributed by atoms with Crippen molar-refractivity contribution < 1.29 is 4.79 Å². The molecule has 0 spiro atoms. The van der Waals surface area contributed by atoms with Crippen molar-refractivity contribution in [2.45, 2.75) is 37.4 Å². The first-order valence-electron chi connectivity index (χ1n) is 6.11. The van der Waals surface area contributed by atoms with Crippen molar-refractivity contribution in [1.29, 1.82) is 0 Å². The fraction of sp³-hybridized carbons (Fsp3) is 0.667. The number of hydrogen-bond acceptors (Lipinski definition) is 3. The van der Waals surface area contributed by atoms with Gasteiger partial charge in [0, 0.05) is 25.4 Å². The van der Waals surface area contributed by atoms with Gasteiger partial charge in [0.15, 0.2) is 0 Å². The molecule has 2 N–H and O–H groups in total. The van der Waals surface area contributed by atoms with Gasteiger partial charge in [-0.2, -0.15) is 0 Å². The number of rotatable bonds is 5. The maximum absolute atomic E-state index is 12.0. The van der Waals surface area contributed by atoms with Gasteiger partial charge in [-0.1, -0.05) is 0 Å². The Morgan fingerprint density at radius 1 is 1.71 bits per heavy atom. The van der Waals surface area contributed by atoms with Crippen LogP contribution in [0.5, 0.6) is 0 Å². The topological polar surface area (TPSA) is 57.8 Å². The number of aromatic nitrogens is 2. The molecule has 1 atom stereocenters. The normalized spacial score (nSPS) is 23.8. The molecule has 1 aromatic heterocycles. The van der Waals surface area contributed by atoms with Crippen molar-refractivity contribution in [2.75, 3.05) is 12.3 Å². The van der Waals surface area contributed by atoms with E-state index in [1.807, 2.05) is 13.1 Å². The van der Waals surface area contributed by atoms with Crippen LogP contribution in [0, 0.1) is 0 Å². The Labute approximate surface area is 106 Å². The summed E-state index contributed by atoms with van der Waals surface area (Å²) in [6.07, 6.45) is 7.55. The van der Waals surface area contributed by atoms with E-state index in [9.17, 15) is 4.79 Å². The molecular formula is C12H19N3OS. The number of carbonyl (C=O) groups excluding carboxylic acids is 1. The van der Waals surface area contributed by atoms with Crippen LogP contribution in [0.3, 0.4) is 0 Å². The molecule has 0 radical (unpaired) electrons. The maximum Gasteiger partial charge on any atom is 0.235 e. The largest absolute Gasteiger partial charge is 0.355 e. The molecule has 5 heteroatoms. The summed E-state index contributed by atoms with van der Waals surface area (Å²) in [5.41, 5.74) is 0. The second-order valence-corrected chi connectivity index (χ2v) is 6.18.